The van der Waals surface area contributed by atoms with Crippen molar-refractivity contribution in [2.75, 3.05) is 38.1 Å². The minimum Gasteiger partial charge on any atom is -0.370 e. The topological polar surface area (TPSA) is 52.8 Å². The average molecular weight is 348 g/mol. The van der Waals surface area contributed by atoms with Crippen molar-refractivity contribution in [1.82, 2.24) is 9.80 Å². The number of benzene rings is 2. The normalized spacial score (nSPS) is 17.7. The highest BCUT2D eigenvalue weighted by Gasteiger charge is 2.27. The fraction of sp³-hybridized carbons (Fsp3) is 0.286. The molecule has 26 heavy (non-hydrogen) atoms. The zero-order chi connectivity index (χ0) is 18.1. The van der Waals surface area contributed by atoms with Crippen molar-refractivity contribution in [3.63, 3.8) is 0 Å². The predicted octanol–water partition coefficient (Wildman–Crippen LogP) is 3.35. The lowest BCUT2D eigenvalue weighted by molar-refractivity contribution is 0.256. The summed E-state index contributed by atoms with van der Waals surface area (Å²) in [6, 6.07) is 15.5. The molecule has 5 heteroatoms. The summed E-state index contributed by atoms with van der Waals surface area (Å²) in [5, 5.41) is 0. The molecule has 1 saturated heterocycles. The number of carbonyl (C=O) groups is 1. The fourth-order valence-corrected chi connectivity index (χ4v) is 3.84. The molecule has 0 radical (unpaired) electrons. The number of hydrogen-bond acceptors (Lipinski definition) is 3. The Kier molecular flexibility index (Phi) is 4.39. The largest absolute Gasteiger partial charge is 0.370 e. The van der Waals surface area contributed by atoms with Gasteiger partial charge in [0.2, 0.25) is 0 Å². The molecule has 2 aromatic rings. The highest BCUT2D eigenvalue weighted by Crippen LogP contribution is 2.40. The van der Waals surface area contributed by atoms with Crippen molar-refractivity contribution < 1.29 is 4.79 Å². The van der Waals surface area contributed by atoms with E-state index in [9.17, 15) is 4.79 Å². The molecule has 1 fully saturated rings. The summed E-state index contributed by atoms with van der Waals surface area (Å²) >= 11 is 0. The number of carbonyl (C=O) groups excluding carboxylic acids is 1. The zero-order valence-electron chi connectivity index (χ0n) is 15.1. The van der Waals surface area contributed by atoms with E-state index in [4.69, 9.17) is 5.73 Å². The van der Waals surface area contributed by atoms with Crippen LogP contribution in [0.5, 0.6) is 0 Å². The van der Waals surface area contributed by atoms with Crippen LogP contribution in [0, 0.1) is 0 Å². The van der Waals surface area contributed by atoms with Crippen molar-refractivity contribution in [1.29, 1.82) is 0 Å². The van der Waals surface area contributed by atoms with E-state index in [1.54, 1.807) is 4.90 Å². The van der Waals surface area contributed by atoms with Gasteiger partial charge in [-0.25, -0.2) is 4.79 Å². The number of amides is 2. The summed E-state index contributed by atoms with van der Waals surface area (Å²) < 4.78 is 0. The SMILES string of the molecule is CN1CCCN(C2=Cc3ccccc3N(C(N)=O)c3ccccc32)CC1. The number of nitrogens with zero attached hydrogens (tertiary/aromatic N) is 3. The fourth-order valence-electron chi connectivity index (χ4n) is 3.84. The number of nitrogens with two attached hydrogens (primary N) is 1. The Morgan fingerprint density at radius 3 is 2.46 bits per heavy atom. The number of para-hydroxylation sites is 2. The minimum absolute atomic E-state index is 0.463. The quantitative estimate of drug-likeness (QED) is 0.860. The zero-order valence-corrected chi connectivity index (χ0v) is 15.1. The standard InChI is InChI=1S/C21H24N4O/c1-23-11-6-12-24(14-13-23)20-15-16-7-2-4-9-18(16)25(21(22)26)19-10-5-3-8-17(19)20/h2-5,7-10,15H,6,11-14H2,1H3,(H2,22,26). The Morgan fingerprint density at radius 2 is 1.65 bits per heavy atom. The van der Waals surface area contributed by atoms with Crippen LogP contribution >= 0.6 is 0 Å². The van der Waals surface area contributed by atoms with Gasteiger partial charge in [-0.2, -0.15) is 0 Å². The van der Waals surface area contributed by atoms with Crippen LogP contribution in [0.4, 0.5) is 16.2 Å². The Bertz CT molecular complexity index is 861. The number of rotatable bonds is 1. The van der Waals surface area contributed by atoms with Crippen molar-refractivity contribution in [3.8, 4) is 0 Å². The number of hydrogen-bond donors (Lipinski definition) is 1. The van der Waals surface area contributed by atoms with Gasteiger partial charge in [-0.05, 0) is 38.2 Å². The maximum absolute atomic E-state index is 12.3. The van der Waals surface area contributed by atoms with Crippen molar-refractivity contribution in [3.05, 3.63) is 59.7 Å². The molecular formula is C21H24N4O. The lowest BCUT2D eigenvalue weighted by atomic mass is 10.1. The van der Waals surface area contributed by atoms with Gasteiger partial charge in [0.15, 0.2) is 0 Å². The van der Waals surface area contributed by atoms with E-state index in [0.29, 0.717) is 0 Å². The van der Waals surface area contributed by atoms with Crippen LogP contribution in [0.2, 0.25) is 0 Å². The van der Waals surface area contributed by atoms with Gasteiger partial charge in [-0.3, -0.25) is 4.90 Å². The van der Waals surface area contributed by atoms with Crippen LogP contribution in [-0.2, 0) is 0 Å². The number of urea groups is 1. The van der Waals surface area contributed by atoms with Gasteiger partial charge in [0.25, 0.3) is 0 Å². The second-order valence-corrected chi connectivity index (χ2v) is 6.92. The van der Waals surface area contributed by atoms with Crippen LogP contribution in [0.1, 0.15) is 17.5 Å². The summed E-state index contributed by atoms with van der Waals surface area (Å²) in [4.78, 5) is 18.7. The Labute approximate surface area is 154 Å². The van der Waals surface area contributed by atoms with Crippen LogP contribution in [0.15, 0.2) is 48.5 Å². The van der Waals surface area contributed by atoms with E-state index in [1.165, 1.54) is 0 Å². The van der Waals surface area contributed by atoms with E-state index in [2.05, 4.69) is 29.0 Å². The molecule has 4 rings (SSSR count). The number of fused-ring (bicyclic) bond motifs is 2. The lowest BCUT2D eigenvalue weighted by Crippen LogP contribution is -2.32. The van der Waals surface area contributed by atoms with Gasteiger partial charge < -0.3 is 15.5 Å². The second kappa shape index (κ2) is 6.84. The van der Waals surface area contributed by atoms with Crippen LogP contribution in [-0.4, -0.2) is 49.1 Å². The molecule has 2 heterocycles. The summed E-state index contributed by atoms with van der Waals surface area (Å²) in [7, 11) is 2.17. The molecule has 5 nitrogen and oxygen atoms in total. The first kappa shape index (κ1) is 16.7. The van der Waals surface area contributed by atoms with Crippen molar-refractivity contribution >= 4 is 29.2 Å². The molecule has 0 bridgehead atoms. The van der Waals surface area contributed by atoms with Crippen molar-refractivity contribution in [2.45, 2.75) is 6.42 Å². The van der Waals surface area contributed by atoms with Crippen LogP contribution in [0.25, 0.3) is 11.8 Å². The van der Waals surface area contributed by atoms with Gasteiger partial charge in [0.05, 0.1) is 11.4 Å². The van der Waals surface area contributed by atoms with Gasteiger partial charge in [0.1, 0.15) is 0 Å². The molecule has 0 unspecified atom stereocenters. The van der Waals surface area contributed by atoms with Crippen LogP contribution in [0.3, 0.4) is 0 Å². The third kappa shape index (κ3) is 2.95. The summed E-state index contributed by atoms with van der Waals surface area (Å²) in [6.07, 6.45) is 3.32. The van der Waals surface area contributed by atoms with Gasteiger partial charge in [0, 0.05) is 36.5 Å². The second-order valence-electron chi connectivity index (χ2n) is 6.92. The number of anilines is 2. The molecule has 2 aromatic carbocycles. The average Bonchev–Trinajstić information content (AvgIpc) is 2.93. The summed E-state index contributed by atoms with van der Waals surface area (Å²) in [5.74, 6) is 0. The highest BCUT2D eigenvalue weighted by molar-refractivity contribution is 6.06. The summed E-state index contributed by atoms with van der Waals surface area (Å²) in [5.41, 5.74) is 10.7. The van der Waals surface area contributed by atoms with E-state index in [1.807, 2.05) is 42.5 Å². The Hall–Kier alpha value is -2.79. The van der Waals surface area contributed by atoms with Crippen LogP contribution < -0.4 is 10.6 Å². The lowest BCUT2D eigenvalue weighted by Gasteiger charge is -2.28. The monoisotopic (exact) mass is 348 g/mol. The first-order valence-electron chi connectivity index (χ1n) is 9.08. The maximum Gasteiger partial charge on any atom is 0.323 e. The molecule has 2 aliphatic heterocycles. The first-order chi connectivity index (χ1) is 12.6. The Balaban J connectivity index is 1.89. The predicted molar refractivity (Wildman–Crippen MR) is 106 cm³/mol. The van der Waals surface area contributed by atoms with E-state index >= 15 is 0 Å². The molecule has 2 amide bonds. The Morgan fingerprint density at radius 1 is 0.923 bits per heavy atom. The highest BCUT2D eigenvalue weighted by atomic mass is 16.2. The molecule has 0 aromatic heterocycles. The molecule has 0 saturated carbocycles. The molecule has 0 spiro atoms. The number of primary amides is 1. The minimum atomic E-state index is -0.463. The molecule has 0 atom stereocenters. The maximum atomic E-state index is 12.3. The van der Waals surface area contributed by atoms with Crippen molar-refractivity contribution in [2.24, 2.45) is 5.73 Å². The smallest absolute Gasteiger partial charge is 0.323 e. The molecule has 2 aliphatic rings. The molecule has 134 valence electrons. The third-order valence-electron chi connectivity index (χ3n) is 5.17. The van der Waals surface area contributed by atoms with E-state index in [0.717, 1.165) is 60.8 Å². The third-order valence-corrected chi connectivity index (χ3v) is 5.17. The first-order valence-corrected chi connectivity index (χ1v) is 9.08. The molecule has 0 aliphatic carbocycles. The summed E-state index contributed by atoms with van der Waals surface area (Å²) in [6.45, 7) is 4.11. The van der Waals surface area contributed by atoms with Gasteiger partial charge in [-0.1, -0.05) is 36.4 Å². The van der Waals surface area contributed by atoms with E-state index < -0.39 is 6.03 Å². The van der Waals surface area contributed by atoms with E-state index in [-0.39, 0.29) is 0 Å². The number of likely N-dealkylation sites (N-methyl/N-ethyl adjacent to an activating group) is 1. The van der Waals surface area contributed by atoms with Gasteiger partial charge in [-0.15, -0.1) is 0 Å². The van der Waals surface area contributed by atoms with Gasteiger partial charge >= 0.3 is 6.03 Å². The molecular weight excluding hydrogens is 324 g/mol. The molecule has 2 N–H and O–H groups in total.